The minimum absolute atomic E-state index is 0.0313. The van der Waals surface area contributed by atoms with Crippen LogP contribution in [0.3, 0.4) is 0 Å². The van der Waals surface area contributed by atoms with Crippen molar-refractivity contribution in [1.29, 1.82) is 0 Å². The van der Waals surface area contributed by atoms with Gasteiger partial charge in [0.05, 0.1) is 24.0 Å². The van der Waals surface area contributed by atoms with Crippen LogP contribution < -0.4 is 16.4 Å². The number of hydrogen-bond acceptors (Lipinski definition) is 7. The topological polar surface area (TPSA) is 134 Å². The number of nitrogens with two attached hydrogens (primary N) is 1. The van der Waals surface area contributed by atoms with Crippen LogP contribution in [0.1, 0.15) is 73.5 Å². The maximum absolute atomic E-state index is 14.5. The number of carbonyl (C=O) groups excluding carboxylic acids is 3. The Morgan fingerprint density at radius 3 is 2.25 bits per heavy atom. The van der Waals surface area contributed by atoms with Gasteiger partial charge >= 0.3 is 0 Å². The Hall–Kier alpha value is -3.31. The van der Waals surface area contributed by atoms with Crippen LogP contribution in [0.4, 0.5) is 10.1 Å². The Morgan fingerprint density at radius 1 is 1.05 bits per heavy atom. The van der Waals surface area contributed by atoms with Crippen LogP contribution in [-0.2, 0) is 22.4 Å². The predicted molar refractivity (Wildman–Crippen MR) is 151 cm³/mol. The Labute approximate surface area is 235 Å². The van der Waals surface area contributed by atoms with Crippen LogP contribution in [0, 0.1) is 5.82 Å². The number of halogens is 1. The van der Waals surface area contributed by atoms with Crippen LogP contribution in [0.2, 0.25) is 0 Å². The number of piperazine rings is 1. The first-order valence-corrected chi connectivity index (χ1v) is 14.3. The monoisotopic (exact) mass is 558 g/mol. The molecular formula is C29H43FN6O4. The van der Waals surface area contributed by atoms with Gasteiger partial charge in [-0.2, -0.15) is 0 Å². The molecular weight excluding hydrogens is 515 g/mol. The van der Waals surface area contributed by atoms with E-state index in [0.29, 0.717) is 30.8 Å². The Balaban J connectivity index is 0.000000547. The quantitative estimate of drug-likeness (QED) is 0.424. The van der Waals surface area contributed by atoms with E-state index in [2.05, 4.69) is 20.7 Å². The highest BCUT2D eigenvalue weighted by molar-refractivity contribution is 5.99. The molecule has 10 nitrogen and oxygen atoms in total. The maximum Gasteiger partial charge on any atom is 0.256 e. The van der Waals surface area contributed by atoms with Gasteiger partial charge in [-0.3, -0.25) is 14.4 Å². The van der Waals surface area contributed by atoms with Gasteiger partial charge in [0.2, 0.25) is 11.8 Å². The first-order chi connectivity index (χ1) is 19.3. The molecule has 2 aliphatic rings. The molecule has 1 aromatic carbocycles. The number of benzene rings is 1. The first kappa shape index (κ1) is 31.2. The second-order valence-electron chi connectivity index (χ2n) is 10.5. The van der Waals surface area contributed by atoms with Crippen LogP contribution in [-0.4, -0.2) is 78.5 Å². The third-order valence-electron chi connectivity index (χ3n) is 7.28. The zero-order valence-corrected chi connectivity index (χ0v) is 23.7. The van der Waals surface area contributed by atoms with Crippen molar-refractivity contribution in [2.45, 2.75) is 70.8 Å². The van der Waals surface area contributed by atoms with Crippen molar-refractivity contribution >= 4 is 23.4 Å². The fraction of sp³-hybridized carbons (Fsp3) is 0.586. The van der Waals surface area contributed by atoms with Gasteiger partial charge in [0, 0.05) is 26.2 Å². The fourth-order valence-electron chi connectivity index (χ4n) is 4.78. The zero-order chi connectivity index (χ0) is 28.9. The van der Waals surface area contributed by atoms with Gasteiger partial charge in [0.15, 0.2) is 0 Å². The predicted octanol–water partition coefficient (Wildman–Crippen LogP) is 3.12. The van der Waals surface area contributed by atoms with Crippen molar-refractivity contribution in [3.63, 3.8) is 0 Å². The lowest BCUT2D eigenvalue weighted by Gasteiger charge is -2.33. The highest BCUT2D eigenvalue weighted by atomic mass is 19.1. The molecule has 4 rings (SSSR count). The Morgan fingerprint density at radius 2 is 1.68 bits per heavy atom. The molecule has 2 heterocycles. The minimum atomic E-state index is -0.770. The Bertz CT molecular complexity index is 1100. The number of nitrogens with one attached hydrogen (secondary N) is 2. The van der Waals surface area contributed by atoms with Gasteiger partial charge in [-0.1, -0.05) is 63.1 Å². The summed E-state index contributed by atoms with van der Waals surface area (Å²) in [6.07, 6.45) is 12.4. The third-order valence-corrected chi connectivity index (χ3v) is 7.28. The first-order valence-electron chi connectivity index (χ1n) is 14.3. The van der Waals surface area contributed by atoms with E-state index >= 15 is 0 Å². The van der Waals surface area contributed by atoms with Crippen molar-refractivity contribution in [2.75, 3.05) is 45.1 Å². The summed E-state index contributed by atoms with van der Waals surface area (Å²) < 4.78 is 19.3. The lowest BCUT2D eigenvalue weighted by Crippen LogP contribution is -2.52. The van der Waals surface area contributed by atoms with Crippen molar-refractivity contribution in [3.05, 3.63) is 47.1 Å². The molecule has 1 saturated carbocycles. The molecule has 11 heteroatoms. The van der Waals surface area contributed by atoms with E-state index in [1.807, 2.05) is 14.0 Å². The van der Waals surface area contributed by atoms with Gasteiger partial charge in [-0.15, -0.1) is 0 Å². The maximum atomic E-state index is 14.5. The molecule has 0 radical (unpaired) electrons. The van der Waals surface area contributed by atoms with E-state index in [9.17, 15) is 18.8 Å². The zero-order valence-electron chi connectivity index (χ0n) is 23.7. The number of aromatic nitrogens is 1. The molecule has 1 aliphatic heterocycles. The van der Waals surface area contributed by atoms with Crippen LogP contribution in [0.25, 0.3) is 0 Å². The van der Waals surface area contributed by atoms with E-state index < -0.39 is 23.7 Å². The lowest BCUT2D eigenvalue weighted by atomic mass is 10.0. The van der Waals surface area contributed by atoms with Gasteiger partial charge < -0.3 is 30.7 Å². The molecule has 4 N–H and O–H groups in total. The molecule has 2 aromatic rings. The molecule has 2 fully saturated rings. The van der Waals surface area contributed by atoms with Gasteiger partial charge in [0.25, 0.3) is 5.91 Å². The normalized spacial score (nSPS) is 16.8. The highest BCUT2D eigenvalue weighted by Gasteiger charge is 2.24. The third kappa shape index (κ3) is 9.71. The number of amides is 3. The molecule has 0 spiro atoms. The number of likely N-dealkylation sites (N-methyl/N-ethyl adjacent to an activating group) is 1. The van der Waals surface area contributed by atoms with Gasteiger partial charge in [0.1, 0.15) is 17.6 Å². The second-order valence-corrected chi connectivity index (χ2v) is 10.5. The van der Waals surface area contributed by atoms with Crippen LogP contribution in [0.5, 0.6) is 0 Å². The highest BCUT2D eigenvalue weighted by Crippen LogP contribution is 2.18. The van der Waals surface area contributed by atoms with E-state index in [-0.39, 0.29) is 30.1 Å². The summed E-state index contributed by atoms with van der Waals surface area (Å²) in [5.41, 5.74) is 7.32. The standard InChI is InChI=1S/C22H29FN6O4.C7H14/c1-3-18-15(13-33-27-18)21(31)25-12-20(30)26-19-5-4-14(10-16(19)23)11-17(24)22(32)29-8-6-28(2)7-9-29;1-2-4-6-7-5-3-1/h4-5,10,13,17H,3,6-9,11-12,24H2,1-2H3,(H,25,31)(H,26,30);1-7H2. The molecule has 0 bridgehead atoms. The Kier molecular flexibility index (Phi) is 12.5. The van der Waals surface area contributed by atoms with E-state index in [0.717, 1.165) is 13.1 Å². The number of carbonyl (C=O) groups is 3. The van der Waals surface area contributed by atoms with Crippen molar-refractivity contribution < 1.29 is 23.3 Å². The number of aryl methyl sites for hydroxylation is 1. The number of nitrogens with zero attached hydrogens (tertiary/aromatic N) is 3. The number of rotatable bonds is 8. The molecule has 1 unspecified atom stereocenters. The molecule has 220 valence electrons. The molecule has 3 amide bonds. The largest absolute Gasteiger partial charge is 0.364 e. The average molecular weight is 559 g/mol. The molecule has 1 saturated heterocycles. The number of hydrogen-bond donors (Lipinski definition) is 3. The summed E-state index contributed by atoms with van der Waals surface area (Å²) in [5.74, 6) is -1.90. The fourth-order valence-corrected chi connectivity index (χ4v) is 4.78. The van der Waals surface area contributed by atoms with Crippen molar-refractivity contribution in [1.82, 2.24) is 20.3 Å². The summed E-state index contributed by atoms with van der Waals surface area (Å²) >= 11 is 0. The van der Waals surface area contributed by atoms with Gasteiger partial charge in [-0.25, -0.2) is 4.39 Å². The van der Waals surface area contributed by atoms with Crippen molar-refractivity contribution in [3.8, 4) is 0 Å². The van der Waals surface area contributed by atoms with E-state index in [1.165, 1.54) is 63.3 Å². The molecule has 1 aromatic heterocycles. The summed E-state index contributed by atoms with van der Waals surface area (Å²) in [6, 6.07) is 3.50. The molecule has 40 heavy (non-hydrogen) atoms. The minimum Gasteiger partial charge on any atom is -0.364 e. The second kappa shape index (κ2) is 16.1. The molecule has 1 atom stereocenters. The van der Waals surface area contributed by atoms with E-state index in [1.54, 1.807) is 11.0 Å². The summed E-state index contributed by atoms with van der Waals surface area (Å²) in [4.78, 5) is 40.7. The van der Waals surface area contributed by atoms with Crippen LogP contribution in [0.15, 0.2) is 29.0 Å². The number of anilines is 1. The lowest BCUT2D eigenvalue weighted by molar-refractivity contribution is -0.134. The summed E-state index contributed by atoms with van der Waals surface area (Å²) in [6.45, 7) is 4.30. The summed E-state index contributed by atoms with van der Waals surface area (Å²) in [5, 5.41) is 8.58. The SMILES string of the molecule is C1CCCCCC1.CCc1nocc1C(=O)NCC(=O)Nc1ccc(CC(N)C(=O)N2CCN(C)CC2)cc1F. The average Bonchev–Trinajstić information content (AvgIpc) is 3.23. The summed E-state index contributed by atoms with van der Waals surface area (Å²) in [7, 11) is 2.00. The smallest absolute Gasteiger partial charge is 0.256 e. The molecule has 1 aliphatic carbocycles. The van der Waals surface area contributed by atoms with Crippen molar-refractivity contribution in [2.24, 2.45) is 5.73 Å². The van der Waals surface area contributed by atoms with Crippen LogP contribution >= 0.6 is 0 Å². The van der Waals surface area contributed by atoms with Gasteiger partial charge in [-0.05, 0) is 37.6 Å². The van der Waals surface area contributed by atoms with E-state index in [4.69, 9.17) is 10.3 Å².